The van der Waals surface area contributed by atoms with E-state index in [9.17, 15) is 14.7 Å². The summed E-state index contributed by atoms with van der Waals surface area (Å²) in [5.41, 5.74) is 0.231. The molecule has 6 nitrogen and oxygen atoms in total. The summed E-state index contributed by atoms with van der Waals surface area (Å²) in [4.78, 5) is 23.5. The summed E-state index contributed by atoms with van der Waals surface area (Å²) in [7, 11) is 0. The zero-order valence-corrected chi connectivity index (χ0v) is 19.0. The quantitative estimate of drug-likeness (QED) is 0.126. The summed E-state index contributed by atoms with van der Waals surface area (Å²) in [5, 5.41) is 19.2. The molecule has 174 valence electrons. The number of esters is 2. The van der Waals surface area contributed by atoms with Crippen LogP contribution in [0.5, 0.6) is 0 Å². The molecule has 0 aromatic heterocycles. The van der Waals surface area contributed by atoms with Gasteiger partial charge >= 0.3 is 17.9 Å². The van der Waals surface area contributed by atoms with Gasteiger partial charge in [0.05, 0.1) is 6.42 Å². The van der Waals surface area contributed by atoms with E-state index in [0.29, 0.717) is 13.0 Å². The second-order valence-corrected chi connectivity index (χ2v) is 8.12. The van der Waals surface area contributed by atoms with Crippen molar-refractivity contribution < 1.29 is 29.3 Å². The maximum Gasteiger partial charge on any atom is 0.373 e. The van der Waals surface area contributed by atoms with E-state index in [1.165, 1.54) is 58.8 Å². The van der Waals surface area contributed by atoms with Gasteiger partial charge in [0.1, 0.15) is 0 Å². The fraction of sp³-hybridized carbons (Fsp3) is 0.750. The Morgan fingerprint density at radius 3 is 1.27 bits per heavy atom. The minimum atomic E-state index is -2.29. The zero-order chi connectivity index (χ0) is 22.8. The average Bonchev–Trinajstić information content (AvgIpc) is 2.67. The largest absolute Gasteiger partial charge is 0.396 e. The molecule has 0 saturated heterocycles. The molecular weight excluding hydrogens is 384 g/mol. The molecule has 0 saturated carbocycles. The van der Waals surface area contributed by atoms with Gasteiger partial charge in [0.25, 0.3) is 0 Å². The van der Waals surface area contributed by atoms with Gasteiger partial charge in [-0.05, 0) is 26.7 Å². The number of aliphatic hydroxyl groups excluding tert-OH is 1. The van der Waals surface area contributed by atoms with E-state index < -0.39 is 17.9 Å². The Kier molecular flexibility index (Phi) is 16.1. The third kappa shape index (κ3) is 15.2. The summed E-state index contributed by atoms with van der Waals surface area (Å²) >= 11 is 0. The lowest BCUT2D eigenvalue weighted by atomic mass is 10.0. The van der Waals surface area contributed by atoms with Crippen LogP contribution in [0, 0.1) is 0 Å². The number of hydrogen-bond acceptors (Lipinski definition) is 6. The molecule has 0 heterocycles. The highest BCUT2D eigenvalue weighted by atomic mass is 16.8. The molecule has 0 bridgehead atoms. The Morgan fingerprint density at radius 2 is 0.967 bits per heavy atom. The van der Waals surface area contributed by atoms with Crippen LogP contribution in [0.3, 0.4) is 0 Å². The van der Waals surface area contributed by atoms with Crippen LogP contribution in [-0.2, 0) is 19.1 Å². The van der Waals surface area contributed by atoms with E-state index in [4.69, 9.17) is 14.6 Å². The average molecular weight is 427 g/mol. The van der Waals surface area contributed by atoms with Gasteiger partial charge in [-0.25, -0.2) is 9.59 Å². The molecule has 0 amide bonds. The van der Waals surface area contributed by atoms with Crippen molar-refractivity contribution in [3.8, 4) is 0 Å². The monoisotopic (exact) mass is 426 g/mol. The van der Waals surface area contributed by atoms with Crippen molar-refractivity contribution in [1.82, 2.24) is 0 Å². The molecule has 0 radical (unpaired) electrons. The number of carbonyl (C=O) groups excluding carboxylic acids is 2. The molecule has 0 aliphatic carbocycles. The van der Waals surface area contributed by atoms with Crippen molar-refractivity contribution in [3.05, 3.63) is 24.3 Å². The molecule has 0 aromatic carbocycles. The molecule has 6 heteroatoms. The standard InChI is InChI=1S/C24H42O6/c1-20(2)22(26)29-24(28,30-23(27)21(3)4)18-16-14-12-10-8-6-5-7-9-11-13-15-17-19-25/h25,28H,1,3,5-19H2,2,4H3. The molecule has 0 unspecified atom stereocenters. The number of aliphatic hydroxyl groups is 2. The predicted molar refractivity (Wildman–Crippen MR) is 118 cm³/mol. The van der Waals surface area contributed by atoms with Gasteiger partial charge in [0.2, 0.25) is 0 Å². The lowest BCUT2D eigenvalue weighted by Gasteiger charge is -2.27. The summed E-state index contributed by atoms with van der Waals surface area (Å²) < 4.78 is 9.91. The molecule has 0 fully saturated rings. The Bertz CT molecular complexity index is 498. The van der Waals surface area contributed by atoms with Crippen LogP contribution >= 0.6 is 0 Å². The molecule has 2 N–H and O–H groups in total. The van der Waals surface area contributed by atoms with E-state index in [-0.39, 0.29) is 17.6 Å². The first-order chi connectivity index (χ1) is 14.2. The molecule has 30 heavy (non-hydrogen) atoms. The Balaban J connectivity index is 3.95. The van der Waals surface area contributed by atoms with Gasteiger partial charge in [-0.3, -0.25) is 0 Å². The van der Waals surface area contributed by atoms with Gasteiger partial charge in [-0.2, -0.15) is 0 Å². The van der Waals surface area contributed by atoms with Crippen LogP contribution in [-0.4, -0.2) is 34.7 Å². The Labute approximate surface area is 182 Å². The van der Waals surface area contributed by atoms with Crippen LogP contribution in [0.15, 0.2) is 24.3 Å². The van der Waals surface area contributed by atoms with Crippen molar-refractivity contribution in [2.75, 3.05) is 6.61 Å². The van der Waals surface area contributed by atoms with Crippen LogP contribution in [0.25, 0.3) is 0 Å². The second-order valence-electron chi connectivity index (χ2n) is 8.12. The third-order valence-corrected chi connectivity index (χ3v) is 4.85. The highest BCUT2D eigenvalue weighted by Gasteiger charge is 2.36. The van der Waals surface area contributed by atoms with Gasteiger partial charge in [0.15, 0.2) is 0 Å². The van der Waals surface area contributed by atoms with Gasteiger partial charge in [-0.1, -0.05) is 83.8 Å². The molecular formula is C24H42O6. The molecule has 0 spiro atoms. The summed E-state index contributed by atoms with van der Waals surface area (Å²) in [6, 6.07) is 0. The predicted octanol–water partition coefficient (Wildman–Crippen LogP) is 5.32. The van der Waals surface area contributed by atoms with Crippen molar-refractivity contribution >= 4 is 11.9 Å². The van der Waals surface area contributed by atoms with E-state index >= 15 is 0 Å². The lowest BCUT2D eigenvalue weighted by molar-refractivity contribution is -0.325. The minimum absolute atomic E-state index is 0.0152. The van der Waals surface area contributed by atoms with Crippen molar-refractivity contribution in [2.24, 2.45) is 0 Å². The molecule has 0 aliphatic rings. The SMILES string of the molecule is C=C(C)C(=O)OC(O)(CCCCCCCCCCCCCCCO)OC(=O)C(=C)C. The van der Waals surface area contributed by atoms with Crippen molar-refractivity contribution in [1.29, 1.82) is 0 Å². The Morgan fingerprint density at radius 1 is 0.667 bits per heavy atom. The number of hydrogen-bond donors (Lipinski definition) is 2. The molecule has 0 aliphatic heterocycles. The van der Waals surface area contributed by atoms with E-state index in [1.54, 1.807) is 0 Å². The number of carbonyl (C=O) groups is 2. The third-order valence-electron chi connectivity index (χ3n) is 4.85. The van der Waals surface area contributed by atoms with Crippen molar-refractivity contribution in [3.63, 3.8) is 0 Å². The highest BCUT2D eigenvalue weighted by Crippen LogP contribution is 2.22. The molecule has 0 rings (SSSR count). The maximum atomic E-state index is 11.8. The fourth-order valence-electron chi connectivity index (χ4n) is 2.99. The highest BCUT2D eigenvalue weighted by molar-refractivity contribution is 5.88. The van der Waals surface area contributed by atoms with Gasteiger partial charge in [-0.15, -0.1) is 0 Å². The maximum absolute atomic E-state index is 11.8. The number of rotatable bonds is 19. The normalized spacial score (nSPS) is 11.2. The van der Waals surface area contributed by atoms with Crippen LogP contribution < -0.4 is 0 Å². The van der Waals surface area contributed by atoms with E-state index in [0.717, 1.165) is 32.1 Å². The fourth-order valence-corrected chi connectivity index (χ4v) is 2.99. The summed E-state index contributed by atoms with van der Waals surface area (Å²) in [6.45, 7) is 10.2. The molecule has 0 aromatic rings. The van der Waals surface area contributed by atoms with Crippen LogP contribution in [0.4, 0.5) is 0 Å². The van der Waals surface area contributed by atoms with Crippen LogP contribution in [0.1, 0.15) is 104 Å². The molecule has 0 atom stereocenters. The number of unbranched alkanes of at least 4 members (excludes halogenated alkanes) is 12. The zero-order valence-electron chi connectivity index (χ0n) is 19.0. The summed E-state index contributed by atoms with van der Waals surface area (Å²) in [5.74, 6) is -3.90. The van der Waals surface area contributed by atoms with E-state index in [2.05, 4.69) is 13.2 Å². The van der Waals surface area contributed by atoms with Crippen LogP contribution in [0.2, 0.25) is 0 Å². The first kappa shape index (κ1) is 28.3. The topological polar surface area (TPSA) is 93.1 Å². The van der Waals surface area contributed by atoms with Gasteiger partial charge < -0.3 is 19.7 Å². The van der Waals surface area contributed by atoms with Gasteiger partial charge in [0, 0.05) is 17.8 Å². The summed E-state index contributed by atoms with van der Waals surface area (Å²) in [6.07, 6.45) is 14.3. The lowest BCUT2D eigenvalue weighted by Crippen LogP contribution is -2.40. The number of ether oxygens (including phenoxy) is 2. The minimum Gasteiger partial charge on any atom is -0.396 e. The second kappa shape index (κ2) is 17.1. The first-order valence-electron chi connectivity index (χ1n) is 11.3. The van der Waals surface area contributed by atoms with E-state index in [1.807, 2.05) is 0 Å². The van der Waals surface area contributed by atoms with Crippen molar-refractivity contribution in [2.45, 2.75) is 110 Å². The first-order valence-corrected chi connectivity index (χ1v) is 11.3. The Hall–Kier alpha value is -1.66. The smallest absolute Gasteiger partial charge is 0.373 e.